The number of benzene rings is 2. The van der Waals surface area contributed by atoms with Crippen LogP contribution in [0.3, 0.4) is 0 Å². The molecule has 2 aromatic rings. The molecule has 0 aliphatic rings. The van der Waals surface area contributed by atoms with Crippen LogP contribution < -0.4 is 10.6 Å². The number of rotatable bonds is 2. The van der Waals surface area contributed by atoms with Gasteiger partial charge >= 0.3 is 0 Å². The molecule has 0 fully saturated rings. The van der Waals surface area contributed by atoms with Crippen molar-refractivity contribution in [2.75, 3.05) is 10.6 Å². The third kappa shape index (κ3) is 3.50. The van der Waals surface area contributed by atoms with E-state index in [4.69, 9.17) is 23.8 Å². The molecule has 0 bridgehead atoms. The van der Waals surface area contributed by atoms with Crippen molar-refractivity contribution in [1.82, 2.24) is 0 Å². The molecule has 2 rings (SSSR count). The molecule has 0 atom stereocenters. The maximum Gasteiger partial charge on any atom is 0.200 e. The van der Waals surface area contributed by atoms with Crippen molar-refractivity contribution in [3.05, 3.63) is 58.1 Å². The van der Waals surface area contributed by atoms with Gasteiger partial charge in [0.25, 0.3) is 0 Å². The average molecular weight is 371 g/mol. The van der Waals surface area contributed by atoms with E-state index in [0.29, 0.717) is 0 Å². The van der Waals surface area contributed by atoms with Crippen molar-refractivity contribution in [3.63, 3.8) is 0 Å². The molecule has 0 aliphatic carbocycles. The Bertz CT molecular complexity index is 770. The molecule has 0 saturated carbocycles. The van der Waals surface area contributed by atoms with Crippen molar-refractivity contribution in [1.29, 1.82) is 0 Å². The Kier molecular flexibility index (Phi) is 5.00. The summed E-state index contributed by atoms with van der Waals surface area (Å²) in [6.45, 7) is 0. The molecule has 0 heterocycles. The summed E-state index contributed by atoms with van der Waals surface area (Å²) in [6.07, 6.45) is 0. The zero-order chi connectivity index (χ0) is 17.3. The maximum atomic E-state index is 13.5. The molecule has 0 spiro atoms. The molecule has 2 nitrogen and oxygen atoms in total. The van der Waals surface area contributed by atoms with E-state index >= 15 is 0 Å². The van der Waals surface area contributed by atoms with Gasteiger partial charge in [0.15, 0.2) is 28.4 Å². The average Bonchev–Trinajstić information content (AvgIpc) is 2.51. The zero-order valence-corrected chi connectivity index (χ0v) is 12.4. The van der Waals surface area contributed by atoms with E-state index in [1.165, 1.54) is 6.07 Å². The van der Waals surface area contributed by atoms with Crippen LogP contribution in [0, 0.1) is 34.9 Å². The van der Waals surface area contributed by atoms with E-state index < -0.39 is 45.7 Å². The standard InChI is InChI=1S/C13H5ClF6N2S/c14-5-3-4(1-2-6(5)15)21-13(23)22-12-10(19)8(17)7(16)9(18)11(12)20/h1-3H,(H2,21,22,23). The number of halogens is 7. The van der Waals surface area contributed by atoms with Gasteiger partial charge in [-0.05, 0) is 30.4 Å². The Morgan fingerprint density at radius 1 is 0.826 bits per heavy atom. The monoisotopic (exact) mass is 370 g/mol. The second-order valence-corrected chi connectivity index (χ2v) is 4.97. The highest BCUT2D eigenvalue weighted by molar-refractivity contribution is 7.80. The lowest BCUT2D eigenvalue weighted by atomic mass is 10.2. The Morgan fingerprint density at radius 3 is 1.87 bits per heavy atom. The number of hydrogen-bond acceptors (Lipinski definition) is 1. The second kappa shape index (κ2) is 6.63. The van der Waals surface area contributed by atoms with E-state index in [1.807, 2.05) is 5.32 Å². The van der Waals surface area contributed by atoms with Gasteiger partial charge in [0.2, 0.25) is 5.82 Å². The van der Waals surface area contributed by atoms with Gasteiger partial charge in [0.1, 0.15) is 11.5 Å². The summed E-state index contributed by atoms with van der Waals surface area (Å²) >= 11 is 10.2. The van der Waals surface area contributed by atoms with Crippen LogP contribution in [-0.4, -0.2) is 5.11 Å². The van der Waals surface area contributed by atoms with Crippen LogP contribution in [0.4, 0.5) is 37.7 Å². The van der Waals surface area contributed by atoms with Crippen molar-refractivity contribution >= 4 is 40.3 Å². The minimum absolute atomic E-state index is 0.137. The van der Waals surface area contributed by atoms with Gasteiger partial charge in [0.05, 0.1) is 5.02 Å². The molecule has 2 aromatic carbocycles. The first-order valence-corrected chi connectivity index (χ1v) is 6.55. The Morgan fingerprint density at radius 2 is 1.35 bits per heavy atom. The highest BCUT2D eigenvalue weighted by Gasteiger charge is 2.26. The van der Waals surface area contributed by atoms with E-state index in [0.717, 1.165) is 12.1 Å². The molecule has 0 saturated heterocycles. The molecule has 10 heteroatoms. The molecule has 23 heavy (non-hydrogen) atoms. The van der Waals surface area contributed by atoms with Crippen LogP contribution in [0.1, 0.15) is 0 Å². The van der Waals surface area contributed by atoms with Gasteiger partial charge in [0, 0.05) is 5.69 Å². The molecule has 122 valence electrons. The number of hydrogen-bond donors (Lipinski definition) is 2. The van der Waals surface area contributed by atoms with Crippen LogP contribution in [0.25, 0.3) is 0 Å². The zero-order valence-electron chi connectivity index (χ0n) is 10.8. The summed E-state index contributed by atoms with van der Waals surface area (Å²) in [7, 11) is 0. The molecule has 2 N–H and O–H groups in total. The van der Waals surface area contributed by atoms with Crippen LogP contribution >= 0.6 is 23.8 Å². The van der Waals surface area contributed by atoms with E-state index in [-0.39, 0.29) is 10.7 Å². The van der Waals surface area contributed by atoms with E-state index in [1.54, 1.807) is 0 Å². The highest BCUT2D eigenvalue weighted by atomic mass is 35.5. The topological polar surface area (TPSA) is 24.1 Å². The SMILES string of the molecule is Fc1ccc(NC(=S)Nc2c(F)c(F)c(F)c(F)c2F)cc1Cl. The van der Waals surface area contributed by atoms with Gasteiger partial charge in [-0.3, -0.25) is 0 Å². The van der Waals surface area contributed by atoms with Gasteiger partial charge < -0.3 is 10.6 Å². The maximum absolute atomic E-state index is 13.5. The third-order valence-corrected chi connectivity index (χ3v) is 3.12. The molecular formula is C13H5ClF6N2S. The smallest absolute Gasteiger partial charge is 0.200 e. The lowest BCUT2D eigenvalue weighted by molar-refractivity contribution is 0.382. The Hall–Kier alpha value is -2.00. The van der Waals surface area contributed by atoms with Crippen molar-refractivity contribution < 1.29 is 26.3 Å². The lowest BCUT2D eigenvalue weighted by Gasteiger charge is -2.13. The van der Waals surface area contributed by atoms with Gasteiger partial charge in [-0.15, -0.1) is 0 Å². The largest absolute Gasteiger partial charge is 0.332 e. The second-order valence-electron chi connectivity index (χ2n) is 4.15. The van der Waals surface area contributed by atoms with Crippen molar-refractivity contribution in [2.45, 2.75) is 0 Å². The van der Waals surface area contributed by atoms with Gasteiger partial charge in [-0.25, -0.2) is 26.3 Å². The molecule has 0 radical (unpaired) electrons. The summed E-state index contributed by atoms with van der Waals surface area (Å²) in [4.78, 5) is 0. The molecule has 0 aliphatic heterocycles. The first kappa shape index (κ1) is 17.4. The van der Waals surface area contributed by atoms with Crippen LogP contribution in [-0.2, 0) is 0 Å². The van der Waals surface area contributed by atoms with Crippen LogP contribution in [0.5, 0.6) is 0 Å². The Balaban J connectivity index is 2.25. The number of anilines is 2. The van der Waals surface area contributed by atoms with E-state index in [2.05, 4.69) is 5.32 Å². The molecule has 0 amide bonds. The van der Waals surface area contributed by atoms with Crippen LogP contribution in [0.2, 0.25) is 5.02 Å². The number of nitrogens with one attached hydrogen (secondary N) is 2. The number of thiocarbonyl (C=S) groups is 1. The fraction of sp³-hybridized carbons (Fsp3) is 0. The highest BCUT2D eigenvalue weighted by Crippen LogP contribution is 2.27. The summed E-state index contributed by atoms with van der Waals surface area (Å²) < 4.78 is 79.0. The predicted molar refractivity (Wildman–Crippen MR) is 77.5 cm³/mol. The fourth-order valence-electron chi connectivity index (χ4n) is 1.56. The summed E-state index contributed by atoms with van der Waals surface area (Å²) in [5.41, 5.74) is -1.18. The fourth-order valence-corrected chi connectivity index (χ4v) is 1.96. The van der Waals surface area contributed by atoms with Gasteiger partial charge in [-0.1, -0.05) is 11.6 Å². The van der Waals surface area contributed by atoms with Crippen LogP contribution in [0.15, 0.2) is 18.2 Å². The predicted octanol–water partition coefficient (Wildman–Crippen LogP) is 4.98. The third-order valence-electron chi connectivity index (χ3n) is 2.63. The lowest BCUT2D eigenvalue weighted by Crippen LogP contribution is -2.22. The van der Waals surface area contributed by atoms with Crippen molar-refractivity contribution in [3.8, 4) is 0 Å². The first-order chi connectivity index (χ1) is 10.7. The summed E-state index contributed by atoms with van der Waals surface area (Å²) in [5, 5.41) is 3.47. The Labute approximate surface area is 136 Å². The molecule has 0 aromatic heterocycles. The summed E-state index contributed by atoms with van der Waals surface area (Å²) in [5.74, 6) is -11.4. The normalized spacial score (nSPS) is 10.6. The minimum atomic E-state index is -2.28. The molecular weight excluding hydrogens is 366 g/mol. The summed E-state index contributed by atoms with van der Waals surface area (Å²) in [6, 6.07) is 3.31. The quantitative estimate of drug-likeness (QED) is 0.337. The van der Waals surface area contributed by atoms with E-state index in [9.17, 15) is 26.3 Å². The first-order valence-electron chi connectivity index (χ1n) is 5.77. The minimum Gasteiger partial charge on any atom is -0.332 e. The molecule has 0 unspecified atom stereocenters. The van der Waals surface area contributed by atoms with Crippen molar-refractivity contribution in [2.24, 2.45) is 0 Å². The van der Waals surface area contributed by atoms with Gasteiger partial charge in [-0.2, -0.15) is 0 Å².